The number of rotatable bonds is 7. The number of hydrogen-bond donors (Lipinski definition) is 3. The lowest BCUT2D eigenvalue weighted by atomic mass is 9.88. The summed E-state index contributed by atoms with van der Waals surface area (Å²) in [6.07, 6.45) is 4.15. The van der Waals surface area contributed by atoms with Gasteiger partial charge in [0.1, 0.15) is 16.2 Å². The number of aromatic amines is 1. The molecule has 1 aliphatic heterocycles. The highest BCUT2D eigenvalue weighted by atomic mass is 79.9. The first kappa shape index (κ1) is 28.9. The van der Waals surface area contributed by atoms with Crippen LogP contribution in [0.15, 0.2) is 17.2 Å². The number of carbonyl (C=O) groups is 1. The van der Waals surface area contributed by atoms with E-state index >= 15 is 0 Å². The van der Waals surface area contributed by atoms with Crippen molar-refractivity contribution in [3.63, 3.8) is 0 Å². The molecule has 1 aromatic carbocycles. The summed E-state index contributed by atoms with van der Waals surface area (Å²) in [5.74, 6) is 1.01. The third-order valence-electron chi connectivity index (χ3n) is 6.09. The van der Waals surface area contributed by atoms with Crippen molar-refractivity contribution < 1.29 is 15.4 Å². The quantitative estimate of drug-likeness (QED) is 0.243. The number of nitrogens with one attached hydrogen (secondary N) is 2. The topological polar surface area (TPSA) is 98.4 Å². The third kappa shape index (κ3) is 7.56. The highest BCUT2D eigenvalue weighted by molar-refractivity contribution is 9.09. The minimum Gasteiger partial charge on any atom is -0.870 e. The van der Waals surface area contributed by atoms with Gasteiger partial charge in [-0.05, 0) is 69.9 Å². The molecule has 34 heavy (non-hydrogen) atoms. The molecule has 3 rings (SSSR count). The molecule has 0 radical (unpaired) electrons. The van der Waals surface area contributed by atoms with Gasteiger partial charge in [0.15, 0.2) is 0 Å². The largest absolute Gasteiger partial charge is 0.870 e. The Labute approximate surface area is 217 Å². The first-order valence-electron chi connectivity index (χ1n) is 12.0. The predicted molar refractivity (Wildman–Crippen MR) is 148 cm³/mol. The molecular formula is C26H42BrN3O3S. The molecule has 4 N–H and O–H groups in total. The number of amides is 1. The van der Waals surface area contributed by atoms with E-state index in [9.17, 15) is 9.90 Å². The molecule has 1 aliphatic rings. The first-order chi connectivity index (χ1) is 15.4. The Bertz CT molecular complexity index is 970. The summed E-state index contributed by atoms with van der Waals surface area (Å²) in [6.45, 7) is 16.2. The summed E-state index contributed by atoms with van der Waals surface area (Å²) >= 11 is 4.47. The maximum Gasteiger partial charge on any atom is 0.230 e. The second-order valence-electron chi connectivity index (χ2n) is 11.5. The summed E-state index contributed by atoms with van der Waals surface area (Å²) < 4.78 is 0.151. The van der Waals surface area contributed by atoms with Crippen LogP contribution in [0.2, 0.25) is 0 Å². The van der Waals surface area contributed by atoms with Gasteiger partial charge in [-0.2, -0.15) is 0 Å². The average Bonchev–Trinajstić information content (AvgIpc) is 3.02. The number of halogens is 1. The number of thiol groups is 1. The molecule has 0 unspecified atom stereocenters. The van der Waals surface area contributed by atoms with Crippen LogP contribution < -0.4 is 10.2 Å². The first-order valence-corrected chi connectivity index (χ1v) is 14.1. The second kappa shape index (κ2) is 11.6. The lowest BCUT2D eigenvalue weighted by Crippen LogP contribution is -2.35. The zero-order valence-corrected chi connectivity index (χ0v) is 23.9. The number of fused-ring (bicyclic) bond motifs is 1. The van der Waals surface area contributed by atoms with E-state index in [4.69, 9.17) is 0 Å². The van der Waals surface area contributed by atoms with Crippen LogP contribution in [0.1, 0.15) is 66.4 Å². The molecular weight excluding hydrogens is 514 g/mol. The van der Waals surface area contributed by atoms with Gasteiger partial charge >= 0.3 is 0 Å². The number of piperidine rings is 1. The number of benzene rings is 1. The normalized spacial score (nSPS) is 15.4. The molecule has 0 atom stereocenters. The summed E-state index contributed by atoms with van der Waals surface area (Å²) in [7, 11) is 0. The van der Waals surface area contributed by atoms with Gasteiger partial charge in [0.05, 0.1) is 10.8 Å². The fourth-order valence-corrected chi connectivity index (χ4v) is 6.02. The van der Waals surface area contributed by atoms with Crippen LogP contribution in [0.4, 0.5) is 5.69 Å². The number of aromatic hydroxyl groups is 1. The summed E-state index contributed by atoms with van der Waals surface area (Å²) in [6, 6.07) is 3.96. The fraction of sp³-hybridized carbons (Fsp3) is 0.654. The van der Waals surface area contributed by atoms with E-state index in [0.717, 1.165) is 56.5 Å². The molecule has 0 bridgehead atoms. The van der Waals surface area contributed by atoms with E-state index in [1.54, 1.807) is 0 Å². The zero-order valence-electron chi connectivity index (χ0n) is 21.5. The monoisotopic (exact) mass is 555 g/mol. The molecule has 0 spiro atoms. The Hall–Kier alpha value is -1.38. The van der Waals surface area contributed by atoms with Gasteiger partial charge in [0, 0.05) is 42.3 Å². The van der Waals surface area contributed by atoms with Crippen LogP contribution in [0.25, 0.3) is 10.9 Å². The molecule has 1 aromatic heterocycles. The van der Waals surface area contributed by atoms with Gasteiger partial charge in [-0.15, -0.1) is 0 Å². The molecule has 1 saturated heterocycles. The van der Waals surface area contributed by atoms with Crippen LogP contribution in [0.5, 0.6) is 5.75 Å². The number of hydrogen-bond acceptors (Lipinski definition) is 4. The molecule has 0 aliphatic carbocycles. The summed E-state index contributed by atoms with van der Waals surface area (Å²) in [5, 5.41) is 16.7. The number of nitrogens with zero attached hydrogens (tertiary/aromatic N) is 1. The van der Waals surface area contributed by atoms with Crippen molar-refractivity contribution in [1.82, 2.24) is 10.3 Å². The summed E-state index contributed by atoms with van der Waals surface area (Å²) in [5.41, 5.74) is 3.58. The van der Waals surface area contributed by atoms with Crippen molar-refractivity contribution >= 4 is 50.2 Å². The molecule has 2 heterocycles. The molecule has 2 aromatic rings. The predicted octanol–water partition coefficient (Wildman–Crippen LogP) is 5.38. The minimum absolute atomic E-state index is 0. The Morgan fingerprint density at radius 1 is 1.21 bits per heavy atom. The van der Waals surface area contributed by atoms with E-state index in [0.29, 0.717) is 17.0 Å². The van der Waals surface area contributed by atoms with Crippen molar-refractivity contribution in [2.24, 2.45) is 11.3 Å². The van der Waals surface area contributed by atoms with Crippen molar-refractivity contribution in [2.75, 3.05) is 29.9 Å². The van der Waals surface area contributed by atoms with E-state index < -0.39 is 0 Å². The van der Waals surface area contributed by atoms with Crippen molar-refractivity contribution in [3.05, 3.63) is 17.7 Å². The van der Waals surface area contributed by atoms with Crippen LogP contribution in [0.3, 0.4) is 0 Å². The van der Waals surface area contributed by atoms with E-state index in [-0.39, 0.29) is 21.5 Å². The van der Waals surface area contributed by atoms with Crippen LogP contribution in [0, 0.1) is 11.3 Å². The number of phenols is 1. The summed E-state index contributed by atoms with van der Waals surface area (Å²) in [4.78, 5) is 17.6. The molecule has 0 saturated carbocycles. The molecule has 8 heteroatoms. The lowest BCUT2D eigenvalue weighted by molar-refractivity contribution is -0.118. The smallest absolute Gasteiger partial charge is 0.230 e. The Morgan fingerprint density at radius 2 is 1.85 bits per heavy atom. The fourth-order valence-electron chi connectivity index (χ4n) is 4.65. The number of phenolic OH excluding ortho intramolecular Hbond substituents is 1. The Kier molecular flexibility index (Phi) is 9.82. The van der Waals surface area contributed by atoms with Gasteiger partial charge in [0.2, 0.25) is 10.9 Å². The molecule has 1 amide bonds. The van der Waals surface area contributed by atoms with E-state index in [1.807, 2.05) is 6.07 Å². The highest BCUT2D eigenvalue weighted by Gasteiger charge is 2.31. The number of anilines is 1. The van der Waals surface area contributed by atoms with E-state index in [1.165, 1.54) is 27.7 Å². The minimum atomic E-state index is 0. The van der Waals surface area contributed by atoms with Gasteiger partial charge in [0.25, 0.3) is 0 Å². The zero-order chi connectivity index (χ0) is 24.4. The van der Waals surface area contributed by atoms with Crippen LogP contribution >= 0.6 is 15.9 Å². The Morgan fingerprint density at radius 3 is 2.41 bits per heavy atom. The van der Waals surface area contributed by atoms with E-state index in [2.05, 4.69) is 78.7 Å². The Balaban J connectivity index is 0.00000408. The van der Waals surface area contributed by atoms with Crippen LogP contribution in [-0.4, -0.2) is 51.2 Å². The van der Waals surface area contributed by atoms with Crippen LogP contribution in [-0.2, 0) is 23.0 Å². The standard InChI is InChI=1S/C26H40BrN3O2S.H2O/c1-25(2,3)15-19-18-7-8-20(31)23(22(18)29-24(19)33-26(4,5)6)30-13-10-17(11-14-30)9-12-28-21(32)16-27;/h7-8,17,29,31H,9-16H2,1-6H3,(H,28,32);1H2. The van der Waals surface area contributed by atoms with Gasteiger partial charge < -0.3 is 25.8 Å². The molecule has 6 nitrogen and oxygen atoms in total. The van der Waals surface area contributed by atoms with Gasteiger partial charge in [-0.1, -0.05) is 36.7 Å². The number of carbonyl (C=O) groups excluding carboxylic acids is 1. The highest BCUT2D eigenvalue weighted by Crippen LogP contribution is 2.42. The number of H-pyrrole nitrogens is 1. The number of aromatic nitrogens is 1. The second-order valence-corrected chi connectivity index (χ2v) is 14.1. The maximum atomic E-state index is 11.5. The lowest BCUT2D eigenvalue weighted by Gasteiger charge is -2.34. The maximum absolute atomic E-state index is 11.5. The third-order valence-corrected chi connectivity index (χ3v) is 7.88. The van der Waals surface area contributed by atoms with Gasteiger partial charge in [-0.25, -0.2) is 0 Å². The average molecular weight is 557 g/mol. The SMILES string of the molecule is CC(C)(C)Cc1c([SH+]C(C)(C)C)[nH]c2c(N3CCC(CCNC(=O)CBr)CC3)c(O)ccc12.[OH-]. The molecule has 1 fully saturated rings. The van der Waals surface area contributed by atoms with Gasteiger partial charge in [-0.3, -0.25) is 4.79 Å². The van der Waals surface area contributed by atoms with Crippen molar-refractivity contribution in [3.8, 4) is 5.75 Å². The van der Waals surface area contributed by atoms with Crippen molar-refractivity contribution in [2.45, 2.75) is 77.0 Å². The van der Waals surface area contributed by atoms with Crippen molar-refractivity contribution in [1.29, 1.82) is 0 Å². The number of alkyl halides is 1. The molecule has 192 valence electrons.